The van der Waals surface area contributed by atoms with Crippen molar-refractivity contribution in [2.45, 2.75) is 25.8 Å². The van der Waals surface area contributed by atoms with Gasteiger partial charge in [-0.1, -0.05) is 0 Å². The lowest BCUT2D eigenvalue weighted by Crippen LogP contribution is -2.38. The fourth-order valence-electron chi connectivity index (χ4n) is 1.18. The molecule has 0 aliphatic rings. The summed E-state index contributed by atoms with van der Waals surface area (Å²) >= 11 is 0. The molecule has 15 heavy (non-hydrogen) atoms. The molecule has 1 unspecified atom stereocenters. The van der Waals surface area contributed by atoms with Gasteiger partial charge < -0.3 is 21.7 Å². The summed E-state index contributed by atoms with van der Waals surface area (Å²) in [7, 11) is 1.72. The first kappa shape index (κ1) is 13.7. The van der Waals surface area contributed by atoms with Crippen molar-refractivity contribution in [3.05, 3.63) is 0 Å². The average molecular weight is 216 g/mol. The third-order valence-corrected chi connectivity index (χ3v) is 1.86. The topological polar surface area (TPSA) is 96.2 Å². The average Bonchev–Trinajstić information content (AvgIpc) is 2.12. The van der Waals surface area contributed by atoms with Gasteiger partial charge >= 0.3 is 6.03 Å². The summed E-state index contributed by atoms with van der Waals surface area (Å²) in [6.07, 6.45) is 1.61. The first-order valence-electron chi connectivity index (χ1n) is 5.03. The van der Waals surface area contributed by atoms with Gasteiger partial charge in [-0.25, -0.2) is 4.79 Å². The van der Waals surface area contributed by atoms with Crippen molar-refractivity contribution >= 4 is 11.9 Å². The minimum atomic E-state index is -0.512. The van der Waals surface area contributed by atoms with Crippen LogP contribution in [0.5, 0.6) is 0 Å². The third-order valence-electron chi connectivity index (χ3n) is 1.86. The van der Waals surface area contributed by atoms with E-state index in [0.717, 1.165) is 12.8 Å². The zero-order valence-corrected chi connectivity index (χ0v) is 9.30. The normalized spacial score (nSPS) is 11.9. The van der Waals surface area contributed by atoms with Gasteiger partial charge in [-0.3, -0.25) is 4.79 Å². The molecule has 3 amide bonds. The minimum absolute atomic E-state index is 0.0205. The molecule has 88 valence electrons. The largest absolute Gasteiger partial charge is 0.353 e. The Hall–Kier alpha value is -1.30. The predicted molar refractivity (Wildman–Crippen MR) is 58.4 cm³/mol. The van der Waals surface area contributed by atoms with Crippen molar-refractivity contribution < 1.29 is 9.59 Å². The Balaban J connectivity index is 3.44. The smallest absolute Gasteiger partial charge is 0.312 e. The lowest BCUT2D eigenvalue weighted by Gasteiger charge is -2.13. The van der Waals surface area contributed by atoms with Crippen molar-refractivity contribution in [2.24, 2.45) is 5.73 Å². The van der Waals surface area contributed by atoms with E-state index in [1.807, 2.05) is 6.92 Å². The second kappa shape index (κ2) is 8.05. The van der Waals surface area contributed by atoms with Crippen molar-refractivity contribution in [1.29, 1.82) is 0 Å². The Morgan fingerprint density at radius 3 is 2.60 bits per heavy atom. The monoisotopic (exact) mass is 216 g/mol. The van der Waals surface area contributed by atoms with E-state index in [1.165, 1.54) is 0 Å². The molecule has 0 saturated carbocycles. The first-order valence-corrected chi connectivity index (χ1v) is 5.03. The van der Waals surface area contributed by atoms with Gasteiger partial charge in [0.15, 0.2) is 0 Å². The Kier molecular flexibility index (Phi) is 7.35. The number of urea groups is 1. The van der Waals surface area contributed by atoms with Gasteiger partial charge in [0, 0.05) is 12.6 Å². The van der Waals surface area contributed by atoms with Gasteiger partial charge in [0.1, 0.15) is 0 Å². The number of nitrogens with one attached hydrogen (secondary N) is 3. The molecule has 0 bridgehead atoms. The molecule has 5 N–H and O–H groups in total. The minimum Gasteiger partial charge on any atom is -0.353 e. The molecule has 0 spiro atoms. The maximum Gasteiger partial charge on any atom is 0.312 e. The van der Waals surface area contributed by atoms with Crippen LogP contribution in [-0.2, 0) is 4.79 Å². The molecular weight excluding hydrogens is 196 g/mol. The highest BCUT2D eigenvalue weighted by Crippen LogP contribution is 1.94. The predicted octanol–water partition coefficient (Wildman–Crippen LogP) is -0.841. The van der Waals surface area contributed by atoms with Crippen LogP contribution >= 0.6 is 0 Å². The highest BCUT2D eigenvalue weighted by Gasteiger charge is 2.05. The van der Waals surface area contributed by atoms with Crippen LogP contribution in [0.25, 0.3) is 0 Å². The standard InChI is InChI=1S/C9H20N4O2/c1-7(13-8(14)6-11-2)4-3-5-12-9(10)15/h7,11H,3-6H2,1-2H3,(H,13,14)(H3,10,12,15). The van der Waals surface area contributed by atoms with Crippen LogP contribution in [0.1, 0.15) is 19.8 Å². The molecule has 0 aromatic carbocycles. The van der Waals surface area contributed by atoms with E-state index in [9.17, 15) is 9.59 Å². The van der Waals surface area contributed by atoms with Crippen LogP contribution in [-0.4, -0.2) is 38.1 Å². The molecule has 0 radical (unpaired) electrons. The number of primary amides is 1. The van der Waals surface area contributed by atoms with E-state index in [4.69, 9.17) is 5.73 Å². The number of likely N-dealkylation sites (N-methyl/N-ethyl adjacent to an activating group) is 1. The SMILES string of the molecule is CNCC(=O)NC(C)CCCNC(N)=O. The summed E-state index contributed by atoms with van der Waals surface area (Å²) in [6, 6.07) is -0.401. The van der Waals surface area contributed by atoms with Crippen LogP contribution in [0, 0.1) is 0 Å². The number of hydrogen-bond acceptors (Lipinski definition) is 3. The molecule has 6 nitrogen and oxygen atoms in total. The van der Waals surface area contributed by atoms with Crippen molar-refractivity contribution in [1.82, 2.24) is 16.0 Å². The molecule has 0 fully saturated rings. The fourth-order valence-corrected chi connectivity index (χ4v) is 1.18. The van der Waals surface area contributed by atoms with E-state index in [1.54, 1.807) is 7.05 Å². The van der Waals surface area contributed by atoms with Crippen LogP contribution in [0.2, 0.25) is 0 Å². The Bertz CT molecular complexity index is 208. The van der Waals surface area contributed by atoms with Gasteiger partial charge in [-0.05, 0) is 26.8 Å². The molecule has 0 aromatic rings. The van der Waals surface area contributed by atoms with Crippen molar-refractivity contribution in [2.75, 3.05) is 20.1 Å². The molecule has 0 aliphatic carbocycles. The van der Waals surface area contributed by atoms with Gasteiger partial charge in [0.05, 0.1) is 6.54 Å². The summed E-state index contributed by atoms with van der Waals surface area (Å²) in [5.41, 5.74) is 4.90. The maximum absolute atomic E-state index is 11.1. The lowest BCUT2D eigenvalue weighted by molar-refractivity contribution is -0.120. The van der Waals surface area contributed by atoms with Crippen LogP contribution in [0.4, 0.5) is 4.79 Å². The van der Waals surface area contributed by atoms with Crippen LogP contribution in [0.3, 0.4) is 0 Å². The van der Waals surface area contributed by atoms with Crippen LogP contribution in [0.15, 0.2) is 0 Å². The van der Waals surface area contributed by atoms with Crippen LogP contribution < -0.4 is 21.7 Å². The third kappa shape index (κ3) is 9.01. The van der Waals surface area contributed by atoms with Crippen molar-refractivity contribution in [3.8, 4) is 0 Å². The highest BCUT2D eigenvalue weighted by atomic mass is 16.2. The summed E-state index contributed by atoms with van der Waals surface area (Å²) in [5.74, 6) is -0.0205. The zero-order valence-electron chi connectivity index (χ0n) is 9.30. The second-order valence-electron chi connectivity index (χ2n) is 3.43. The summed E-state index contributed by atoms with van der Waals surface area (Å²) < 4.78 is 0. The Morgan fingerprint density at radius 1 is 1.40 bits per heavy atom. The van der Waals surface area contributed by atoms with Gasteiger partial charge in [-0.15, -0.1) is 0 Å². The summed E-state index contributed by atoms with van der Waals surface area (Å²) in [6.45, 7) is 2.79. The number of nitrogens with two attached hydrogens (primary N) is 1. The van der Waals surface area contributed by atoms with Gasteiger partial charge in [0.25, 0.3) is 0 Å². The highest BCUT2D eigenvalue weighted by molar-refractivity contribution is 5.78. The van der Waals surface area contributed by atoms with Crippen molar-refractivity contribution in [3.63, 3.8) is 0 Å². The Labute approximate surface area is 90.0 Å². The van der Waals surface area contributed by atoms with E-state index in [0.29, 0.717) is 13.1 Å². The van der Waals surface area contributed by atoms with Gasteiger partial charge in [-0.2, -0.15) is 0 Å². The number of carbonyl (C=O) groups is 2. The number of rotatable bonds is 7. The molecule has 0 heterocycles. The molecule has 0 aromatic heterocycles. The lowest BCUT2D eigenvalue weighted by atomic mass is 10.2. The zero-order chi connectivity index (χ0) is 11.7. The van der Waals surface area contributed by atoms with E-state index >= 15 is 0 Å². The maximum atomic E-state index is 11.1. The summed E-state index contributed by atoms with van der Waals surface area (Å²) in [4.78, 5) is 21.5. The molecule has 1 atom stereocenters. The number of amides is 3. The number of hydrogen-bond donors (Lipinski definition) is 4. The quantitative estimate of drug-likeness (QED) is 0.418. The molecule has 0 rings (SSSR count). The molecule has 0 aliphatic heterocycles. The Morgan fingerprint density at radius 2 is 2.07 bits per heavy atom. The molecular formula is C9H20N4O2. The van der Waals surface area contributed by atoms with Gasteiger partial charge in [0.2, 0.25) is 5.91 Å². The van der Waals surface area contributed by atoms with E-state index in [2.05, 4.69) is 16.0 Å². The molecule has 6 heteroatoms. The second-order valence-corrected chi connectivity index (χ2v) is 3.43. The first-order chi connectivity index (χ1) is 7.06. The van der Waals surface area contributed by atoms with E-state index in [-0.39, 0.29) is 11.9 Å². The fraction of sp³-hybridized carbons (Fsp3) is 0.778. The number of carbonyl (C=O) groups excluding carboxylic acids is 2. The van der Waals surface area contributed by atoms with E-state index < -0.39 is 6.03 Å². The molecule has 0 saturated heterocycles. The summed E-state index contributed by atoms with van der Waals surface area (Å²) in [5, 5.41) is 8.09.